The molecule has 1 unspecified atom stereocenters. The number of aryl methyl sites for hydroxylation is 1. The van der Waals surface area contributed by atoms with Crippen molar-refractivity contribution in [2.45, 2.75) is 46.6 Å². The summed E-state index contributed by atoms with van der Waals surface area (Å²) in [6.07, 6.45) is 2.11. The zero-order chi connectivity index (χ0) is 14.3. The van der Waals surface area contributed by atoms with Gasteiger partial charge in [-0.15, -0.1) is 0 Å². The lowest BCUT2D eigenvalue weighted by Crippen LogP contribution is -2.26. The zero-order valence-corrected chi connectivity index (χ0v) is 12.9. The lowest BCUT2D eigenvalue weighted by atomic mass is 9.98. The van der Waals surface area contributed by atoms with Crippen molar-refractivity contribution in [2.24, 2.45) is 22.5 Å². The number of hydrogen-bond acceptors (Lipinski definition) is 2. The van der Waals surface area contributed by atoms with Crippen molar-refractivity contribution in [2.75, 3.05) is 7.11 Å². The second-order valence-corrected chi connectivity index (χ2v) is 6.97. The summed E-state index contributed by atoms with van der Waals surface area (Å²) < 4.78 is 5.17. The Kier molecular flexibility index (Phi) is 3.65. The number of benzene rings is 1. The summed E-state index contributed by atoms with van der Waals surface area (Å²) in [6.45, 7) is 9.35. The van der Waals surface area contributed by atoms with Gasteiger partial charge in [-0.05, 0) is 47.3 Å². The molecule has 106 valence electrons. The van der Waals surface area contributed by atoms with E-state index in [0.29, 0.717) is 22.8 Å². The van der Waals surface area contributed by atoms with Gasteiger partial charge in [-0.3, -0.25) is 0 Å². The molecule has 1 aromatic rings. The molecule has 0 bridgehead atoms. The summed E-state index contributed by atoms with van der Waals surface area (Å²) in [5.74, 6) is 1.55. The molecule has 0 aliphatic heterocycles. The van der Waals surface area contributed by atoms with Crippen LogP contribution in [-0.2, 0) is 6.42 Å². The Bertz CT molecular complexity index is 419. The SMILES string of the molecule is COc1ccc(CCC(N)C2C(C)(C)C2(C)C)cc1. The molecule has 0 saturated heterocycles. The molecule has 1 aromatic carbocycles. The number of methoxy groups -OCH3 is 1. The van der Waals surface area contributed by atoms with Gasteiger partial charge in [-0.25, -0.2) is 0 Å². The van der Waals surface area contributed by atoms with E-state index in [0.717, 1.165) is 18.6 Å². The average molecular weight is 261 g/mol. The fourth-order valence-corrected chi connectivity index (χ4v) is 3.61. The maximum absolute atomic E-state index is 6.41. The molecule has 0 radical (unpaired) electrons. The maximum atomic E-state index is 6.41. The van der Waals surface area contributed by atoms with Crippen molar-refractivity contribution < 1.29 is 4.74 Å². The van der Waals surface area contributed by atoms with E-state index in [1.807, 2.05) is 12.1 Å². The second-order valence-electron chi connectivity index (χ2n) is 6.97. The van der Waals surface area contributed by atoms with Crippen molar-refractivity contribution in [3.63, 3.8) is 0 Å². The summed E-state index contributed by atoms with van der Waals surface area (Å²) in [5, 5.41) is 0. The third-order valence-corrected chi connectivity index (χ3v) is 5.49. The van der Waals surface area contributed by atoms with Gasteiger partial charge in [0.25, 0.3) is 0 Å². The van der Waals surface area contributed by atoms with Gasteiger partial charge in [0.15, 0.2) is 0 Å². The van der Waals surface area contributed by atoms with Crippen LogP contribution in [0.2, 0.25) is 0 Å². The summed E-state index contributed by atoms with van der Waals surface area (Å²) in [6, 6.07) is 8.60. The van der Waals surface area contributed by atoms with Gasteiger partial charge >= 0.3 is 0 Å². The third-order valence-electron chi connectivity index (χ3n) is 5.49. The summed E-state index contributed by atoms with van der Waals surface area (Å²) >= 11 is 0. The first-order valence-corrected chi connectivity index (χ1v) is 7.19. The Hall–Kier alpha value is -1.02. The molecule has 0 spiro atoms. The molecule has 2 N–H and O–H groups in total. The summed E-state index contributed by atoms with van der Waals surface area (Å²) in [4.78, 5) is 0. The predicted octanol–water partition coefficient (Wildman–Crippen LogP) is 3.64. The highest BCUT2D eigenvalue weighted by atomic mass is 16.5. The van der Waals surface area contributed by atoms with Crippen LogP contribution in [0.5, 0.6) is 5.75 Å². The topological polar surface area (TPSA) is 35.2 Å². The van der Waals surface area contributed by atoms with Gasteiger partial charge in [0.1, 0.15) is 5.75 Å². The molecule has 2 rings (SSSR count). The number of rotatable bonds is 5. The van der Waals surface area contributed by atoms with Crippen LogP contribution in [0.25, 0.3) is 0 Å². The molecular formula is C17H27NO. The average Bonchev–Trinajstić information content (AvgIpc) is 2.77. The van der Waals surface area contributed by atoms with E-state index in [-0.39, 0.29) is 0 Å². The van der Waals surface area contributed by atoms with Crippen LogP contribution >= 0.6 is 0 Å². The van der Waals surface area contributed by atoms with Gasteiger partial charge in [0, 0.05) is 6.04 Å². The summed E-state index contributed by atoms with van der Waals surface area (Å²) in [5.41, 5.74) is 8.51. The van der Waals surface area contributed by atoms with Gasteiger partial charge < -0.3 is 10.5 Å². The molecule has 0 heterocycles. The zero-order valence-electron chi connectivity index (χ0n) is 12.9. The lowest BCUT2D eigenvalue weighted by molar-refractivity contribution is 0.414. The molecule has 0 amide bonds. The Morgan fingerprint density at radius 1 is 1.11 bits per heavy atom. The summed E-state index contributed by atoms with van der Waals surface area (Å²) in [7, 11) is 1.70. The number of hydrogen-bond donors (Lipinski definition) is 1. The fraction of sp³-hybridized carbons (Fsp3) is 0.647. The monoisotopic (exact) mass is 261 g/mol. The van der Waals surface area contributed by atoms with E-state index in [4.69, 9.17) is 10.5 Å². The predicted molar refractivity (Wildman–Crippen MR) is 80.3 cm³/mol. The molecule has 1 atom stereocenters. The molecule has 1 aliphatic carbocycles. The Morgan fingerprint density at radius 2 is 1.63 bits per heavy atom. The highest BCUT2D eigenvalue weighted by molar-refractivity contribution is 5.27. The van der Waals surface area contributed by atoms with Crippen molar-refractivity contribution in [1.29, 1.82) is 0 Å². The van der Waals surface area contributed by atoms with Crippen LogP contribution in [0.1, 0.15) is 39.7 Å². The Balaban J connectivity index is 1.89. The highest BCUT2D eigenvalue weighted by Crippen LogP contribution is 2.69. The first kappa shape index (κ1) is 14.4. The van der Waals surface area contributed by atoms with E-state index in [1.54, 1.807) is 7.11 Å². The van der Waals surface area contributed by atoms with Crippen molar-refractivity contribution in [3.05, 3.63) is 29.8 Å². The van der Waals surface area contributed by atoms with E-state index in [9.17, 15) is 0 Å². The van der Waals surface area contributed by atoms with Crippen LogP contribution in [0.3, 0.4) is 0 Å². The molecule has 1 saturated carbocycles. The van der Waals surface area contributed by atoms with Gasteiger partial charge in [0.05, 0.1) is 7.11 Å². The molecule has 1 aliphatic rings. The van der Waals surface area contributed by atoms with E-state index in [1.165, 1.54) is 5.56 Å². The normalized spacial score (nSPS) is 22.0. The minimum absolute atomic E-state index is 0.298. The van der Waals surface area contributed by atoms with Crippen LogP contribution in [-0.4, -0.2) is 13.2 Å². The lowest BCUT2D eigenvalue weighted by Gasteiger charge is -2.14. The Morgan fingerprint density at radius 3 is 2.05 bits per heavy atom. The standard InChI is InChI=1S/C17H27NO/c1-16(2)15(17(16,3)4)14(18)11-8-12-6-9-13(19-5)10-7-12/h6-7,9-10,14-15H,8,11,18H2,1-5H3. The molecule has 2 nitrogen and oxygen atoms in total. The van der Waals surface area contributed by atoms with E-state index >= 15 is 0 Å². The van der Waals surface area contributed by atoms with E-state index < -0.39 is 0 Å². The van der Waals surface area contributed by atoms with Gasteiger partial charge in [-0.2, -0.15) is 0 Å². The van der Waals surface area contributed by atoms with Crippen LogP contribution < -0.4 is 10.5 Å². The van der Waals surface area contributed by atoms with Gasteiger partial charge in [0.2, 0.25) is 0 Å². The highest BCUT2D eigenvalue weighted by Gasteiger charge is 2.66. The Labute approximate surface area is 117 Å². The smallest absolute Gasteiger partial charge is 0.118 e. The quantitative estimate of drug-likeness (QED) is 0.878. The van der Waals surface area contributed by atoms with E-state index in [2.05, 4.69) is 39.8 Å². The molecule has 19 heavy (non-hydrogen) atoms. The van der Waals surface area contributed by atoms with Crippen LogP contribution in [0, 0.1) is 16.7 Å². The van der Waals surface area contributed by atoms with Crippen molar-refractivity contribution in [3.8, 4) is 5.75 Å². The largest absolute Gasteiger partial charge is 0.497 e. The molecule has 2 heteroatoms. The fourth-order valence-electron chi connectivity index (χ4n) is 3.61. The minimum Gasteiger partial charge on any atom is -0.497 e. The van der Waals surface area contributed by atoms with Crippen LogP contribution in [0.4, 0.5) is 0 Å². The first-order valence-electron chi connectivity index (χ1n) is 7.19. The second kappa shape index (κ2) is 4.82. The molecular weight excluding hydrogens is 234 g/mol. The van der Waals surface area contributed by atoms with Crippen molar-refractivity contribution in [1.82, 2.24) is 0 Å². The van der Waals surface area contributed by atoms with Gasteiger partial charge in [-0.1, -0.05) is 39.8 Å². The number of ether oxygens (including phenoxy) is 1. The molecule has 1 fully saturated rings. The maximum Gasteiger partial charge on any atom is 0.118 e. The number of nitrogens with two attached hydrogens (primary N) is 1. The minimum atomic E-state index is 0.298. The molecule has 0 aromatic heterocycles. The van der Waals surface area contributed by atoms with Crippen molar-refractivity contribution >= 4 is 0 Å². The third kappa shape index (κ3) is 2.51. The van der Waals surface area contributed by atoms with Crippen LogP contribution in [0.15, 0.2) is 24.3 Å². The first-order chi connectivity index (χ1) is 8.80.